The van der Waals surface area contributed by atoms with E-state index in [1.165, 1.54) is 64.2 Å². The zero-order chi connectivity index (χ0) is 15.7. The number of unbranched alkanes of at least 4 members (excludes halogenated alkanes) is 3. The monoisotopic (exact) mass is 418 g/mol. The summed E-state index contributed by atoms with van der Waals surface area (Å²) < 4.78 is 1.70. The average Bonchev–Trinajstić information content (AvgIpc) is 2.46. The van der Waals surface area contributed by atoms with Crippen molar-refractivity contribution in [3.05, 3.63) is 20.9 Å². The minimum Gasteiger partial charge on any atom is -0.0811 e. The van der Waals surface area contributed by atoms with E-state index in [-0.39, 0.29) is 0 Å². The van der Waals surface area contributed by atoms with Gasteiger partial charge in [0, 0.05) is 0 Å². The molecule has 0 spiro atoms. The minimum absolute atomic E-state index is 0.857. The zero-order valence-corrected chi connectivity index (χ0v) is 17.8. The molecule has 0 radical (unpaired) electrons. The molecule has 1 aliphatic rings. The molecule has 1 aliphatic carbocycles. The summed E-state index contributed by atoms with van der Waals surface area (Å²) in [6.45, 7) is 9.74. The smallest absolute Gasteiger partial charge is 0.0811 e. The van der Waals surface area contributed by atoms with Crippen molar-refractivity contribution in [2.75, 3.05) is 0 Å². The molecule has 0 nitrogen and oxygen atoms in total. The Hall–Kier alpha value is 0.427. The lowest BCUT2D eigenvalue weighted by atomic mass is 9.88. The van der Waals surface area contributed by atoms with Crippen molar-refractivity contribution in [2.24, 2.45) is 5.92 Å². The molecule has 0 atom stereocenters. The van der Waals surface area contributed by atoms with Crippen LogP contribution in [0.25, 0.3) is 0 Å². The lowest BCUT2D eigenvalue weighted by Gasteiger charge is -2.21. The van der Waals surface area contributed by atoms with Crippen molar-refractivity contribution in [3.8, 4) is 0 Å². The molecule has 1 fully saturated rings. The highest BCUT2D eigenvalue weighted by Gasteiger charge is 2.20. The molecule has 0 heterocycles. The Balaban J connectivity index is 2.69. The van der Waals surface area contributed by atoms with Crippen molar-refractivity contribution in [1.82, 2.24) is 0 Å². The van der Waals surface area contributed by atoms with Gasteiger partial charge < -0.3 is 0 Å². The van der Waals surface area contributed by atoms with Gasteiger partial charge >= 0.3 is 0 Å². The lowest BCUT2D eigenvalue weighted by molar-refractivity contribution is 0.419. The number of hydrogen-bond donors (Lipinski definition) is 0. The molecule has 21 heavy (non-hydrogen) atoms. The van der Waals surface area contributed by atoms with Gasteiger partial charge in [0.15, 0.2) is 0 Å². The molecular weight excluding hydrogens is 383 g/mol. The molecule has 0 aromatic heterocycles. The van der Waals surface area contributed by atoms with Crippen LogP contribution in [0.5, 0.6) is 0 Å². The van der Waals surface area contributed by atoms with Crippen molar-refractivity contribution < 1.29 is 0 Å². The Morgan fingerprint density at radius 1 is 1.05 bits per heavy atom. The van der Waals surface area contributed by atoms with Crippen LogP contribution < -0.4 is 0 Å². The highest BCUT2D eigenvalue weighted by Crippen LogP contribution is 2.31. The zero-order valence-electron chi connectivity index (χ0n) is 14.7. The Labute approximate surface area is 148 Å². The van der Waals surface area contributed by atoms with E-state index in [0.29, 0.717) is 0 Å². The Morgan fingerprint density at radius 2 is 1.71 bits per heavy atom. The minimum atomic E-state index is -1.16. The van der Waals surface area contributed by atoms with Crippen LogP contribution in [-0.2, 0) is 0 Å². The molecule has 1 saturated carbocycles. The van der Waals surface area contributed by atoms with Gasteiger partial charge in [0.1, 0.15) is 0 Å². The second-order valence-corrected chi connectivity index (χ2v) is 14.8. The molecule has 2 heteroatoms. The largest absolute Gasteiger partial charge is 0.0858 e. The summed E-state index contributed by atoms with van der Waals surface area (Å²) in [5, 5.41) is 0. The maximum atomic E-state index is 2.66. The molecule has 0 aromatic carbocycles. The van der Waals surface area contributed by atoms with Crippen LogP contribution in [0, 0.1) is 5.92 Å². The second kappa shape index (κ2) is 10.2. The molecular formula is C19H35ISi. The van der Waals surface area contributed by atoms with E-state index in [1.807, 2.05) is 0 Å². The van der Waals surface area contributed by atoms with Crippen LogP contribution in [0.3, 0.4) is 0 Å². The third-order valence-electron chi connectivity index (χ3n) is 4.46. The molecule has 0 aromatic rings. The van der Waals surface area contributed by atoms with E-state index in [4.69, 9.17) is 0 Å². The van der Waals surface area contributed by atoms with Gasteiger partial charge in [-0.1, -0.05) is 99.8 Å². The Kier molecular flexibility index (Phi) is 9.50. The summed E-state index contributed by atoms with van der Waals surface area (Å²) in [5.41, 5.74) is 1.66. The van der Waals surface area contributed by atoms with Gasteiger partial charge in [-0.2, -0.15) is 0 Å². The maximum absolute atomic E-state index is 2.66. The van der Waals surface area contributed by atoms with E-state index < -0.39 is 8.07 Å². The average molecular weight is 418 g/mol. The van der Waals surface area contributed by atoms with Crippen LogP contribution >= 0.6 is 22.6 Å². The highest BCUT2D eigenvalue weighted by atomic mass is 127. The Bertz CT molecular complexity index is 343. The van der Waals surface area contributed by atoms with Crippen LogP contribution in [0.2, 0.25) is 19.6 Å². The topological polar surface area (TPSA) is 0 Å². The van der Waals surface area contributed by atoms with Crippen LogP contribution in [0.1, 0.15) is 71.1 Å². The van der Waals surface area contributed by atoms with E-state index >= 15 is 0 Å². The fraction of sp³-hybridized carbons (Fsp3) is 0.789. The number of rotatable bonds is 8. The normalized spacial score (nSPS) is 19.1. The van der Waals surface area contributed by atoms with Gasteiger partial charge in [-0.25, -0.2) is 0 Å². The fourth-order valence-corrected chi connectivity index (χ4v) is 4.69. The first-order chi connectivity index (χ1) is 9.95. The van der Waals surface area contributed by atoms with Gasteiger partial charge in [-0.3, -0.25) is 0 Å². The molecule has 0 bridgehead atoms. The second-order valence-electron chi connectivity index (χ2n) is 7.66. The third kappa shape index (κ3) is 8.01. The molecule has 0 unspecified atom stereocenters. The summed E-state index contributed by atoms with van der Waals surface area (Å²) >= 11 is 2.66. The highest BCUT2D eigenvalue weighted by molar-refractivity contribution is 14.1. The first-order valence-electron chi connectivity index (χ1n) is 9.02. The predicted octanol–water partition coefficient (Wildman–Crippen LogP) is 7.66. The molecule has 0 saturated heterocycles. The maximum Gasteiger partial charge on any atom is 0.0858 e. The van der Waals surface area contributed by atoms with Gasteiger partial charge in [-0.05, 0) is 40.4 Å². The fourth-order valence-electron chi connectivity index (χ4n) is 3.07. The lowest BCUT2D eigenvalue weighted by Crippen LogP contribution is -2.21. The summed E-state index contributed by atoms with van der Waals surface area (Å²) in [5.74, 6) is 0.857. The van der Waals surface area contributed by atoms with Crippen molar-refractivity contribution >= 4 is 30.7 Å². The van der Waals surface area contributed by atoms with Crippen LogP contribution in [-0.4, -0.2) is 8.07 Å². The van der Waals surface area contributed by atoms with E-state index in [9.17, 15) is 0 Å². The quantitative estimate of drug-likeness (QED) is 0.164. The standard InChI is InChI=1S/C19H35ISi/c1-5-6-7-11-14-18(19(20)21(2,3)4)16-15-17-12-9-8-10-13-17/h15-17H,5-14H2,1-4H3/b16-15+,19-18-. The van der Waals surface area contributed by atoms with Gasteiger partial charge in [0.2, 0.25) is 0 Å². The van der Waals surface area contributed by atoms with Crippen LogP contribution in [0.15, 0.2) is 20.9 Å². The Morgan fingerprint density at radius 3 is 2.29 bits per heavy atom. The van der Waals surface area contributed by atoms with E-state index in [2.05, 4.69) is 61.3 Å². The summed E-state index contributed by atoms with van der Waals surface area (Å²) in [6, 6.07) is 0. The van der Waals surface area contributed by atoms with E-state index in [0.717, 1.165) is 5.92 Å². The van der Waals surface area contributed by atoms with Crippen molar-refractivity contribution in [2.45, 2.75) is 90.8 Å². The van der Waals surface area contributed by atoms with Gasteiger partial charge in [0.05, 0.1) is 8.07 Å². The van der Waals surface area contributed by atoms with Crippen molar-refractivity contribution in [3.63, 3.8) is 0 Å². The molecule has 122 valence electrons. The van der Waals surface area contributed by atoms with Crippen molar-refractivity contribution in [1.29, 1.82) is 0 Å². The molecule has 0 amide bonds. The first-order valence-corrected chi connectivity index (χ1v) is 13.6. The van der Waals surface area contributed by atoms with Gasteiger partial charge in [0.25, 0.3) is 0 Å². The predicted molar refractivity (Wildman–Crippen MR) is 109 cm³/mol. The first kappa shape index (κ1) is 19.5. The number of halogens is 1. The molecule has 1 rings (SSSR count). The number of allylic oxidation sites excluding steroid dienone is 3. The SMILES string of the molecule is CCCCCCC(/C=C/C1CCCCC1)=C(\I)[Si](C)(C)C. The summed E-state index contributed by atoms with van der Waals surface area (Å²) in [4.78, 5) is 0. The number of hydrogen-bond acceptors (Lipinski definition) is 0. The van der Waals surface area contributed by atoms with E-state index in [1.54, 1.807) is 8.78 Å². The summed E-state index contributed by atoms with van der Waals surface area (Å²) in [6.07, 6.45) is 19.0. The molecule has 0 aliphatic heterocycles. The van der Waals surface area contributed by atoms with Gasteiger partial charge in [-0.15, -0.1) is 0 Å². The summed E-state index contributed by atoms with van der Waals surface area (Å²) in [7, 11) is -1.16. The molecule has 0 N–H and O–H groups in total. The third-order valence-corrected chi connectivity index (χ3v) is 11.6. The van der Waals surface area contributed by atoms with Crippen LogP contribution in [0.4, 0.5) is 0 Å².